The van der Waals surface area contributed by atoms with Gasteiger partial charge in [0.1, 0.15) is 5.82 Å². The number of rotatable bonds is 6. The van der Waals surface area contributed by atoms with Gasteiger partial charge in [0.25, 0.3) is 0 Å². The van der Waals surface area contributed by atoms with Crippen LogP contribution < -0.4 is 10.6 Å². The zero-order valence-electron chi connectivity index (χ0n) is 12.4. The summed E-state index contributed by atoms with van der Waals surface area (Å²) in [5.41, 5.74) is -0.120. The van der Waals surface area contributed by atoms with Gasteiger partial charge in [-0.3, -0.25) is 5.10 Å². The Morgan fingerprint density at radius 1 is 1.40 bits per heavy atom. The molecule has 7 heteroatoms. The first-order valence-electron chi connectivity index (χ1n) is 6.76. The van der Waals surface area contributed by atoms with Crippen LogP contribution in [0.5, 0.6) is 0 Å². The quantitative estimate of drug-likeness (QED) is 0.640. The molecule has 2 aromatic rings. The van der Waals surface area contributed by atoms with E-state index >= 15 is 0 Å². The number of nitrogens with one attached hydrogen (secondary N) is 3. The first-order chi connectivity index (χ1) is 9.41. The molecule has 1 unspecified atom stereocenters. The summed E-state index contributed by atoms with van der Waals surface area (Å²) in [4.78, 5) is 8.63. The molecule has 0 bridgehead atoms. The van der Waals surface area contributed by atoms with Gasteiger partial charge >= 0.3 is 0 Å². The predicted octanol–water partition coefficient (Wildman–Crippen LogP) is 1.60. The highest BCUT2D eigenvalue weighted by Gasteiger charge is 2.22. The van der Waals surface area contributed by atoms with Crippen molar-refractivity contribution in [3.63, 3.8) is 0 Å². The van der Waals surface area contributed by atoms with Gasteiger partial charge in [-0.2, -0.15) is 15.1 Å². The normalized spacial score (nSPS) is 14.5. The van der Waals surface area contributed by atoms with Crippen LogP contribution in [0.4, 0.5) is 11.8 Å². The minimum atomic E-state index is -0.783. The van der Waals surface area contributed by atoms with Crippen LogP contribution in [0.1, 0.15) is 27.2 Å². The largest absolute Gasteiger partial charge is 0.388 e. The number of aromatic amines is 1. The lowest BCUT2D eigenvalue weighted by Gasteiger charge is -2.26. The molecule has 1 atom stereocenters. The van der Waals surface area contributed by atoms with Crippen molar-refractivity contribution in [3.05, 3.63) is 6.20 Å². The van der Waals surface area contributed by atoms with Crippen molar-refractivity contribution in [2.75, 3.05) is 24.2 Å². The lowest BCUT2D eigenvalue weighted by Crippen LogP contribution is -2.35. The van der Waals surface area contributed by atoms with Crippen LogP contribution in [0.25, 0.3) is 11.0 Å². The van der Waals surface area contributed by atoms with Crippen molar-refractivity contribution in [2.45, 2.75) is 32.8 Å². The average Bonchev–Trinajstić information content (AvgIpc) is 2.82. The fourth-order valence-electron chi connectivity index (χ4n) is 2.31. The lowest BCUT2D eigenvalue weighted by atomic mass is 9.94. The Morgan fingerprint density at radius 3 is 2.80 bits per heavy atom. The summed E-state index contributed by atoms with van der Waals surface area (Å²) < 4.78 is 0. The van der Waals surface area contributed by atoms with Crippen LogP contribution in [0.3, 0.4) is 0 Å². The highest BCUT2D eigenvalue weighted by Crippen LogP contribution is 2.22. The van der Waals surface area contributed by atoms with E-state index in [4.69, 9.17) is 0 Å². The Balaban J connectivity index is 2.18. The highest BCUT2D eigenvalue weighted by atomic mass is 16.3. The van der Waals surface area contributed by atoms with Crippen LogP contribution in [0.2, 0.25) is 0 Å². The Bertz CT molecular complexity index is 577. The molecule has 0 fully saturated rings. The maximum absolute atomic E-state index is 10.4. The van der Waals surface area contributed by atoms with Crippen LogP contribution in [0, 0.1) is 5.92 Å². The third-order valence-electron chi connectivity index (χ3n) is 3.02. The molecule has 0 aliphatic rings. The van der Waals surface area contributed by atoms with Gasteiger partial charge in [-0.15, -0.1) is 0 Å². The Labute approximate surface area is 118 Å². The first kappa shape index (κ1) is 14.5. The number of hydrogen-bond donors (Lipinski definition) is 4. The third-order valence-corrected chi connectivity index (χ3v) is 3.02. The van der Waals surface area contributed by atoms with Crippen LogP contribution in [-0.2, 0) is 0 Å². The molecule has 20 heavy (non-hydrogen) atoms. The molecule has 0 amide bonds. The molecule has 2 rings (SSSR count). The van der Waals surface area contributed by atoms with Crippen molar-refractivity contribution in [1.29, 1.82) is 0 Å². The molecule has 4 N–H and O–H groups in total. The molecular formula is C13H22N6O. The zero-order chi connectivity index (χ0) is 14.8. The number of H-pyrrole nitrogens is 1. The van der Waals surface area contributed by atoms with E-state index in [0.29, 0.717) is 29.9 Å². The van der Waals surface area contributed by atoms with Crippen LogP contribution in [0.15, 0.2) is 6.20 Å². The minimum absolute atomic E-state index is 0.422. The van der Waals surface area contributed by atoms with Gasteiger partial charge in [0.15, 0.2) is 5.65 Å². The second-order valence-corrected chi connectivity index (χ2v) is 5.73. The van der Waals surface area contributed by atoms with Crippen molar-refractivity contribution in [2.24, 2.45) is 5.92 Å². The first-order valence-corrected chi connectivity index (χ1v) is 6.76. The Morgan fingerprint density at radius 2 is 2.15 bits per heavy atom. The molecule has 0 aliphatic heterocycles. The van der Waals surface area contributed by atoms with E-state index < -0.39 is 5.60 Å². The van der Waals surface area contributed by atoms with Gasteiger partial charge in [-0.05, 0) is 19.3 Å². The van der Waals surface area contributed by atoms with E-state index in [0.717, 1.165) is 11.8 Å². The van der Waals surface area contributed by atoms with E-state index in [1.807, 2.05) is 6.92 Å². The standard InChI is InChI=1S/C13H22N6O/c1-8(2)5-13(3,20)7-15-10-9-6-16-19-11(9)18-12(14-4)17-10/h6,8,20H,5,7H2,1-4H3,(H3,14,15,16,17,18,19). The van der Waals surface area contributed by atoms with Crippen molar-refractivity contribution >= 4 is 22.8 Å². The summed E-state index contributed by atoms with van der Waals surface area (Å²) in [7, 11) is 1.76. The number of fused-ring (bicyclic) bond motifs is 1. The summed E-state index contributed by atoms with van der Waals surface area (Å²) in [6.07, 6.45) is 2.40. The SMILES string of the molecule is CNc1nc(NCC(C)(O)CC(C)C)c2cn[nH]c2n1. The summed E-state index contributed by atoms with van der Waals surface area (Å²) in [5.74, 6) is 1.60. The maximum Gasteiger partial charge on any atom is 0.226 e. The van der Waals surface area contributed by atoms with Gasteiger partial charge in [0.05, 0.1) is 17.2 Å². The fraction of sp³-hybridized carbons (Fsp3) is 0.615. The summed E-state index contributed by atoms with van der Waals surface area (Å²) in [6, 6.07) is 0. The molecule has 7 nitrogen and oxygen atoms in total. The van der Waals surface area contributed by atoms with Crippen LogP contribution >= 0.6 is 0 Å². The number of nitrogens with zero attached hydrogens (tertiary/aromatic N) is 3. The smallest absolute Gasteiger partial charge is 0.226 e. The number of hydrogen-bond acceptors (Lipinski definition) is 6. The van der Waals surface area contributed by atoms with Crippen molar-refractivity contribution < 1.29 is 5.11 Å². The second kappa shape index (κ2) is 5.62. The molecule has 0 aliphatic carbocycles. The van der Waals surface area contributed by atoms with Crippen molar-refractivity contribution in [1.82, 2.24) is 20.2 Å². The number of anilines is 2. The molecule has 0 aromatic carbocycles. The Kier molecular flexibility index (Phi) is 4.08. The van der Waals surface area contributed by atoms with Gasteiger partial charge in [0, 0.05) is 13.6 Å². The molecule has 2 aromatic heterocycles. The van der Waals surface area contributed by atoms with E-state index in [9.17, 15) is 5.11 Å². The highest BCUT2D eigenvalue weighted by molar-refractivity contribution is 5.86. The predicted molar refractivity (Wildman–Crippen MR) is 79.8 cm³/mol. The summed E-state index contributed by atoms with van der Waals surface area (Å²) in [6.45, 7) is 6.43. The molecule has 0 radical (unpaired) electrons. The zero-order valence-corrected chi connectivity index (χ0v) is 12.4. The molecule has 0 saturated heterocycles. The second-order valence-electron chi connectivity index (χ2n) is 5.73. The van der Waals surface area contributed by atoms with Gasteiger partial charge in [0.2, 0.25) is 5.95 Å². The van der Waals surface area contributed by atoms with E-state index in [1.54, 1.807) is 13.2 Å². The van der Waals surface area contributed by atoms with Gasteiger partial charge in [-0.1, -0.05) is 13.8 Å². The van der Waals surface area contributed by atoms with E-state index in [1.165, 1.54) is 0 Å². The molecule has 0 spiro atoms. The lowest BCUT2D eigenvalue weighted by molar-refractivity contribution is 0.0515. The van der Waals surface area contributed by atoms with E-state index in [2.05, 4.69) is 44.6 Å². The third kappa shape index (κ3) is 3.36. The molecule has 2 heterocycles. The summed E-state index contributed by atoms with van der Waals surface area (Å²) in [5, 5.41) is 24.1. The monoisotopic (exact) mass is 278 g/mol. The van der Waals surface area contributed by atoms with Gasteiger partial charge in [-0.25, -0.2) is 0 Å². The minimum Gasteiger partial charge on any atom is -0.388 e. The number of aromatic nitrogens is 4. The summed E-state index contributed by atoms with van der Waals surface area (Å²) >= 11 is 0. The maximum atomic E-state index is 10.4. The Hall–Kier alpha value is -1.89. The number of aliphatic hydroxyl groups is 1. The fourth-order valence-corrected chi connectivity index (χ4v) is 2.31. The van der Waals surface area contributed by atoms with Gasteiger partial charge < -0.3 is 15.7 Å². The van der Waals surface area contributed by atoms with Crippen molar-refractivity contribution in [3.8, 4) is 0 Å². The van der Waals surface area contributed by atoms with Crippen LogP contribution in [-0.4, -0.2) is 44.5 Å². The van der Waals surface area contributed by atoms with E-state index in [-0.39, 0.29) is 0 Å². The average molecular weight is 278 g/mol. The topological polar surface area (TPSA) is 98.8 Å². The molecule has 0 saturated carbocycles. The molecular weight excluding hydrogens is 256 g/mol. The molecule has 110 valence electrons.